The van der Waals surface area contributed by atoms with Crippen LogP contribution in [-0.2, 0) is 16.1 Å². The van der Waals surface area contributed by atoms with E-state index < -0.39 is 5.82 Å². The van der Waals surface area contributed by atoms with Crippen LogP contribution in [0.2, 0.25) is 0 Å². The lowest BCUT2D eigenvalue weighted by molar-refractivity contribution is -0.123. The molecule has 1 atom stereocenters. The molecule has 45 heavy (non-hydrogen) atoms. The van der Waals surface area contributed by atoms with E-state index in [4.69, 9.17) is 14.6 Å². The highest BCUT2D eigenvalue weighted by Gasteiger charge is 2.38. The van der Waals surface area contributed by atoms with E-state index in [1.54, 1.807) is 43.3 Å². The fourth-order valence-corrected chi connectivity index (χ4v) is 6.45. The lowest BCUT2D eigenvalue weighted by Gasteiger charge is -2.23. The summed E-state index contributed by atoms with van der Waals surface area (Å²) in [5.41, 5.74) is 4.31. The van der Waals surface area contributed by atoms with Crippen molar-refractivity contribution in [1.82, 2.24) is 20.1 Å². The van der Waals surface area contributed by atoms with E-state index in [1.165, 1.54) is 28.8 Å². The second-order valence-corrected chi connectivity index (χ2v) is 11.3. The number of pyridine rings is 1. The quantitative estimate of drug-likeness (QED) is 0.229. The number of carbonyl (C=O) groups is 2. The number of methoxy groups -OCH3 is 2. The van der Waals surface area contributed by atoms with Gasteiger partial charge in [0.1, 0.15) is 18.2 Å². The number of ether oxygens (including phenoxy) is 2. The first-order valence-electron chi connectivity index (χ1n) is 14.2. The van der Waals surface area contributed by atoms with Gasteiger partial charge in [-0.1, -0.05) is 42.5 Å². The molecule has 0 fully saturated rings. The van der Waals surface area contributed by atoms with Crippen molar-refractivity contribution < 1.29 is 23.5 Å². The largest absolute Gasteiger partial charge is 0.493 e. The lowest BCUT2D eigenvalue weighted by Crippen LogP contribution is -2.42. The Balaban J connectivity index is 1.53. The third kappa shape index (κ3) is 6.25. The minimum atomic E-state index is -0.402. The van der Waals surface area contributed by atoms with Gasteiger partial charge < -0.3 is 14.8 Å². The van der Waals surface area contributed by atoms with Crippen LogP contribution >= 0.6 is 11.8 Å². The molecule has 0 saturated heterocycles. The van der Waals surface area contributed by atoms with Crippen LogP contribution in [0.5, 0.6) is 11.5 Å². The topological polar surface area (TPSA) is 98.6 Å². The van der Waals surface area contributed by atoms with Crippen LogP contribution in [0.1, 0.15) is 22.1 Å². The summed E-state index contributed by atoms with van der Waals surface area (Å²) in [7, 11) is 3.15. The van der Waals surface area contributed by atoms with Gasteiger partial charge >= 0.3 is 0 Å². The summed E-state index contributed by atoms with van der Waals surface area (Å²) < 4.78 is 26.8. The van der Waals surface area contributed by atoms with Gasteiger partial charge in [0.15, 0.2) is 11.5 Å². The molecule has 9 nitrogen and oxygen atoms in total. The van der Waals surface area contributed by atoms with Crippen LogP contribution in [0.15, 0.2) is 97.2 Å². The fourth-order valence-electron chi connectivity index (χ4n) is 5.26. The first-order valence-corrected chi connectivity index (χ1v) is 15.3. The normalized spacial score (nSPS) is 14.4. The zero-order valence-corrected chi connectivity index (χ0v) is 25.5. The van der Waals surface area contributed by atoms with Crippen LogP contribution < -0.4 is 19.7 Å². The molecule has 0 spiro atoms. The van der Waals surface area contributed by atoms with Crippen molar-refractivity contribution >= 4 is 29.4 Å². The number of halogens is 1. The molecule has 228 valence electrons. The average molecular weight is 624 g/mol. The number of carbonyl (C=O) groups excluding carboxylic acids is 2. The van der Waals surface area contributed by atoms with E-state index in [9.17, 15) is 14.0 Å². The maximum atomic E-state index is 14.1. The van der Waals surface area contributed by atoms with Crippen molar-refractivity contribution in [1.29, 1.82) is 0 Å². The van der Waals surface area contributed by atoms with Crippen molar-refractivity contribution in [3.63, 3.8) is 0 Å². The van der Waals surface area contributed by atoms with Crippen LogP contribution in [-0.4, -0.2) is 53.1 Å². The highest BCUT2D eigenvalue weighted by atomic mass is 32.2. The maximum Gasteiger partial charge on any atom is 0.240 e. The first-order chi connectivity index (χ1) is 22.0. The van der Waals surface area contributed by atoms with Gasteiger partial charge in [-0.3, -0.25) is 19.5 Å². The third-order valence-corrected chi connectivity index (χ3v) is 8.67. The Hall–Kier alpha value is -5.16. The fraction of sp³-hybridized carbons (Fsp3) is 0.176. The van der Waals surface area contributed by atoms with Crippen molar-refractivity contribution in [2.45, 2.75) is 11.8 Å². The summed E-state index contributed by atoms with van der Waals surface area (Å²) in [4.78, 5) is 33.1. The molecule has 0 aliphatic carbocycles. The van der Waals surface area contributed by atoms with Crippen LogP contribution in [0.4, 0.5) is 10.2 Å². The Labute approximate surface area is 264 Å². The Morgan fingerprint density at radius 3 is 2.44 bits per heavy atom. The minimum absolute atomic E-state index is 0.0961. The molecule has 1 aliphatic heterocycles. The van der Waals surface area contributed by atoms with E-state index in [2.05, 4.69) is 10.3 Å². The van der Waals surface area contributed by atoms with Gasteiger partial charge in [0.05, 0.1) is 48.8 Å². The van der Waals surface area contributed by atoms with Crippen molar-refractivity contribution in [3.8, 4) is 28.4 Å². The van der Waals surface area contributed by atoms with Gasteiger partial charge in [-0.15, -0.1) is 11.8 Å². The van der Waals surface area contributed by atoms with E-state index >= 15 is 0 Å². The highest BCUT2D eigenvalue weighted by molar-refractivity contribution is 8.00. The molecule has 1 aliphatic rings. The molecule has 2 aromatic heterocycles. The predicted molar refractivity (Wildman–Crippen MR) is 171 cm³/mol. The molecule has 0 bridgehead atoms. The van der Waals surface area contributed by atoms with Crippen LogP contribution in [0.25, 0.3) is 16.9 Å². The number of fused-ring (bicyclic) bond motifs is 1. The second-order valence-electron chi connectivity index (χ2n) is 10.2. The van der Waals surface area contributed by atoms with Crippen LogP contribution in [0.3, 0.4) is 0 Å². The average Bonchev–Trinajstić information content (AvgIpc) is 3.40. The molecular formula is C34H30FN5O4S. The summed E-state index contributed by atoms with van der Waals surface area (Å²) in [5, 5.41) is 7.53. The Bertz CT molecular complexity index is 1820. The molecule has 0 radical (unpaired) electrons. The number of benzene rings is 3. The van der Waals surface area contributed by atoms with E-state index in [0.29, 0.717) is 34.4 Å². The van der Waals surface area contributed by atoms with Crippen molar-refractivity contribution in [2.24, 2.45) is 0 Å². The first kappa shape index (κ1) is 29.9. The number of amides is 2. The number of nitrogens with one attached hydrogen (secondary N) is 1. The summed E-state index contributed by atoms with van der Waals surface area (Å²) in [5.74, 6) is 0.629. The molecule has 5 aromatic rings. The minimum Gasteiger partial charge on any atom is -0.493 e. The number of hydrogen-bond acceptors (Lipinski definition) is 7. The zero-order chi connectivity index (χ0) is 31.3. The molecule has 11 heteroatoms. The van der Waals surface area contributed by atoms with Crippen LogP contribution in [0, 0.1) is 5.82 Å². The smallest absolute Gasteiger partial charge is 0.240 e. The Morgan fingerprint density at radius 2 is 1.73 bits per heavy atom. The predicted octanol–water partition coefficient (Wildman–Crippen LogP) is 5.58. The molecule has 0 unspecified atom stereocenters. The van der Waals surface area contributed by atoms with E-state index in [1.807, 2.05) is 60.7 Å². The zero-order valence-electron chi connectivity index (χ0n) is 24.6. The molecule has 6 rings (SSSR count). The monoisotopic (exact) mass is 623 g/mol. The molecule has 1 N–H and O–H groups in total. The van der Waals surface area contributed by atoms with Crippen molar-refractivity contribution in [2.75, 3.05) is 31.4 Å². The Morgan fingerprint density at radius 1 is 0.978 bits per heavy atom. The number of thioether (sulfide) groups is 1. The Kier molecular flexibility index (Phi) is 8.79. The lowest BCUT2D eigenvalue weighted by atomic mass is 9.99. The standard InChI is InChI=1S/C34H30FN5O4S/c1-43-27-16-11-23(18-28(27)44-2)33-31-32(22-8-4-3-5-9-22)38-40(26-14-12-24(35)13-15-26)34(31)39(30(42)21-45-33)20-29(41)37-19-25-10-6-7-17-36-25/h3-18,33H,19-21H2,1-2H3,(H,37,41)/t33-/m0/s1. The van der Waals surface area contributed by atoms with Gasteiger partial charge in [0.25, 0.3) is 0 Å². The summed E-state index contributed by atoms with van der Waals surface area (Å²) in [6.45, 7) is -0.0386. The molecule has 3 aromatic carbocycles. The molecule has 3 heterocycles. The number of hydrogen-bond donors (Lipinski definition) is 1. The summed E-state index contributed by atoms with van der Waals surface area (Å²) in [6, 6.07) is 26.7. The van der Waals surface area contributed by atoms with Gasteiger partial charge in [0.2, 0.25) is 11.8 Å². The molecular weight excluding hydrogens is 593 g/mol. The van der Waals surface area contributed by atoms with Gasteiger partial charge in [-0.2, -0.15) is 5.10 Å². The van der Waals surface area contributed by atoms with Gasteiger partial charge in [0, 0.05) is 17.3 Å². The highest BCUT2D eigenvalue weighted by Crippen LogP contribution is 2.49. The molecule has 2 amide bonds. The van der Waals surface area contributed by atoms with Gasteiger partial charge in [-0.05, 0) is 54.1 Å². The van der Waals surface area contributed by atoms with E-state index in [0.717, 1.165) is 16.7 Å². The van der Waals surface area contributed by atoms with Gasteiger partial charge in [-0.25, -0.2) is 9.07 Å². The number of aromatic nitrogens is 3. The molecule has 0 saturated carbocycles. The number of anilines is 1. The number of rotatable bonds is 9. The SMILES string of the molecule is COc1ccc([C@@H]2SCC(=O)N(CC(=O)NCc3ccccn3)c3c2c(-c2ccccc2)nn3-c2ccc(F)cc2)cc1OC. The third-order valence-electron chi connectivity index (χ3n) is 7.41. The second kappa shape index (κ2) is 13.2. The van der Waals surface area contributed by atoms with E-state index in [-0.39, 0.29) is 35.9 Å². The summed E-state index contributed by atoms with van der Waals surface area (Å²) >= 11 is 1.44. The maximum absolute atomic E-state index is 14.1. The number of nitrogens with zero attached hydrogens (tertiary/aromatic N) is 4. The summed E-state index contributed by atoms with van der Waals surface area (Å²) in [6.07, 6.45) is 1.66. The van der Waals surface area contributed by atoms with Crippen molar-refractivity contribution in [3.05, 3.63) is 120 Å².